The van der Waals surface area contributed by atoms with Crippen LogP contribution in [-0.4, -0.2) is 81.4 Å². The van der Waals surface area contributed by atoms with E-state index in [9.17, 15) is 14.4 Å². The highest BCUT2D eigenvalue weighted by atomic mass is 32.1. The first kappa shape index (κ1) is 36.5. The quantitative estimate of drug-likeness (QED) is 0.180. The van der Waals surface area contributed by atoms with Crippen molar-refractivity contribution in [3.05, 3.63) is 91.5 Å². The number of nitrogens with one attached hydrogen (secondary N) is 2. The van der Waals surface area contributed by atoms with Crippen molar-refractivity contribution in [2.45, 2.75) is 72.4 Å². The highest BCUT2D eigenvalue weighted by Gasteiger charge is 2.33. The summed E-state index contributed by atoms with van der Waals surface area (Å²) < 4.78 is 1.52. The Morgan fingerprint density at radius 3 is 2.39 bits per heavy atom. The Hall–Kier alpha value is -4.32. The average molecular weight is 710 g/mol. The zero-order valence-electron chi connectivity index (χ0n) is 30.8. The van der Waals surface area contributed by atoms with E-state index in [1.807, 2.05) is 60.4 Å². The molecule has 0 saturated carbocycles. The zero-order chi connectivity index (χ0) is 36.2. The minimum atomic E-state index is -0.396. The van der Waals surface area contributed by atoms with Crippen LogP contribution in [0.15, 0.2) is 59.5 Å². The first-order chi connectivity index (χ1) is 24.6. The van der Waals surface area contributed by atoms with Crippen LogP contribution in [0, 0.1) is 6.92 Å². The summed E-state index contributed by atoms with van der Waals surface area (Å²) in [6, 6.07) is 15.4. The van der Waals surface area contributed by atoms with Gasteiger partial charge in [-0.3, -0.25) is 19.3 Å². The average Bonchev–Trinajstić information content (AvgIpc) is 3.58. The van der Waals surface area contributed by atoms with Crippen molar-refractivity contribution >= 4 is 40.3 Å². The van der Waals surface area contributed by atoms with E-state index in [0.717, 1.165) is 73.7 Å². The zero-order valence-corrected chi connectivity index (χ0v) is 31.6. The van der Waals surface area contributed by atoms with Crippen LogP contribution >= 0.6 is 11.3 Å². The molecule has 51 heavy (non-hydrogen) atoms. The van der Waals surface area contributed by atoms with E-state index < -0.39 is 6.04 Å². The number of aromatic nitrogens is 2. The largest absolute Gasteiger partial charge is 0.338 e. The lowest BCUT2D eigenvalue weighted by Gasteiger charge is -2.40. The molecule has 1 aliphatic heterocycles. The summed E-state index contributed by atoms with van der Waals surface area (Å²) in [6.07, 6.45) is 6.17. The van der Waals surface area contributed by atoms with E-state index in [1.54, 1.807) is 24.6 Å². The number of carbonyl (C=O) groups excluding carboxylic acids is 2. The molecule has 6 rings (SSSR count). The van der Waals surface area contributed by atoms with Crippen molar-refractivity contribution < 1.29 is 9.59 Å². The van der Waals surface area contributed by atoms with Crippen LogP contribution < -0.4 is 16.2 Å². The number of nitrogens with zero attached hydrogens (tertiary/aromatic N) is 5. The molecule has 0 spiro atoms. The Balaban J connectivity index is 1.22. The fourth-order valence-electron chi connectivity index (χ4n) is 7.32. The van der Waals surface area contributed by atoms with Gasteiger partial charge in [-0.1, -0.05) is 38.1 Å². The predicted molar refractivity (Wildman–Crippen MR) is 207 cm³/mol. The molecule has 2 amide bonds. The highest BCUT2D eigenvalue weighted by molar-refractivity contribution is 7.14. The normalized spacial score (nSPS) is 15.6. The minimum Gasteiger partial charge on any atom is -0.338 e. The number of carbonyl (C=O) groups is 2. The second kappa shape index (κ2) is 15.9. The smallest absolute Gasteiger partial charge is 0.293 e. The van der Waals surface area contributed by atoms with Gasteiger partial charge in [0.15, 0.2) is 5.82 Å². The maximum atomic E-state index is 14.0. The molecule has 0 bridgehead atoms. The lowest BCUT2D eigenvalue weighted by atomic mass is 9.99. The highest BCUT2D eigenvalue weighted by Crippen LogP contribution is 2.33. The van der Waals surface area contributed by atoms with Crippen molar-refractivity contribution in [3.8, 4) is 11.3 Å². The van der Waals surface area contributed by atoms with Gasteiger partial charge in [0, 0.05) is 67.3 Å². The van der Waals surface area contributed by atoms with Crippen LogP contribution in [0.25, 0.3) is 11.3 Å². The molecule has 1 saturated heterocycles. The van der Waals surface area contributed by atoms with Gasteiger partial charge in [0.1, 0.15) is 6.04 Å². The van der Waals surface area contributed by atoms with Crippen LogP contribution in [0.4, 0.5) is 17.2 Å². The van der Waals surface area contributed by atoms with Crippen LogP contribution in [0.1, 0.15) is 77.8 Å². The fourth-order valence-corrected chi connectivity index (χ4v) is 8.47. The van der Waals surface area contributed by atoms with Crippen molar-refractivity contribution in [1.29, 1.82) is 0 Å². The summed E-state index contributed by atoms with van der Waals surface area (Å²) >= 11 is 1.60. The molecule has 1 atom stereocenters. The molecular weight excluding hydrogens is 659 g/mol. The lowest BCUT2D eigenvalue weighted by Crippen LogP contribution is -2.52. The van der Waals surface area contributed by atoms with E-state index >= 15 is 0 Å². The number of rotatable bonds is 11. The van der Waals surface area contributed by atoms with Gasteiger partial charge in [0.25, 0.3) is 11.5 Å². The molecule has 1 aliphatic carbocycles. The number of thiophene rings is 1. The number of aryl methyl sites for hydroxylation is 3. The van der Waals surface area contributed by atoms with Gasteiger partial charge in [-0.05, 0) is 100 Å². The fraction of sp³-hybridized carbons (Fsp3) is 0.450. The van der Waals surface area contributed by atoms with Gasteiger partial charge < -0.3 is 25.0 Å². The summed E-state index contributed by atoms with van der Waals surface area (Å²) in [5.41, 5.74) is 5.68. The molecule has 11 heteroatoms. The molecule has 10 nitrogen and oxygen atoms in total. The van der Waals surface area contributed by atoms with Crippen LogP contribution in [-0.2, 0) is 24.7 Å². The first-order valence-electron chi connectivity index (χ1n) is 18.3. The Morgan fingerprint density at radius 1 is 1.00 bits per heavy atom. The standard InChI is InChI=1S/C40H51N7O3S/c1-7-45-20-22-46(23-21-45)39(49)36(47(8-2)26(3)4)28-16-18-30(19-17-28)41-37-40(50)44(6)25-33(42-37)31-13-11-14-32(27(31)5)43-38(48)35-24-29-12-9-10-15-34(29)51-35/h11,13-14,16-19,24-26,36H,7-10,12,15,20-23H2,1-6H3,(H,41,42)(H,43,48). The van der Waals surface area contributed by atoms with Gasteiger partial charge in [-0.15, -0.1) is 11.3 Å². The summed E-state index contributed by atoms with van der Waals surface area (Å²) in [5, 5.41) is 6.36. The number of fused-ring (bicyclic) bond motifs is 1. The van der Waals surface area contributed by atoms with Crippen molar-refractivity contribution in [2.75, 3.05) is 49.9 Å². The van der Waals surface area contributed by atoms with Gasteiger partial charge in [0.05, 0.1) is 10.6 Å². The van der Waals surface area contributed by atoms with E-state index in [2.05, 4.69) is 48.1 Å². The molecule has 1 fully saturated rings. The van der Waals surface area contributed by atoms with Crippen molar-refractivity contribution in [3.63, 3.8) is 0 Å². The van der Waals surface area contributed by atoms with Crippen LogP contribution in [0.5, 0.6) is 0 Å². The maximum absolute atomic E-state index is 14.0. The van der Waals surface area contributed by atoms with Gasteiger partial charge in [-0.25, -0.2) is 4.98 Å². The predicted octanol–water partition coefficient (Wildman–Crippen LogP) is 6.63. The Kier molecular flexibility index (Phi) is 11.4. The van der Waals surface area contributed by atoms with E-state index in [0.29, 0.717) is 17.1 Å². The van der Waals surface area contributed by atoms with E-state index in [-0.39, 0.29) is 29.2 Å². The van der Waals surface area contributed by atoms with E-state index in [1.165, 1.54) is 27.8 Å². The lowest BCUT2D eigenvalue weighted by molar-refractivity contribution is -0.139. The molecule has 2 aromatic heterocycles. The summed E-state index contributed by atoms with van der Waals surface area (Å²) in [7, 11) is 1.71. The number of benzene rings is 2. The first-order valence-corrected chi connectivity index (χ1v) is 19.1. The third kappa shape index (κ3) is 7.95. The van der Waals surface area contributed by atoms with Gasteiger partial charge in [-0.2, -0.15) is 0 Å². The number of amides is 2. The number of likely N-dealkylation sites (N-methyl/N-ethyl adjacent to an activating group) is 2. The molecule has 270 valence electrons. The Bertz CT molecular complexity index is 1900. The number of piperazine rings is 1. The van der Waals surface area contributed by atoms with Crippen LogP contribution in [0.2, 0.25) is 0 Å². The van der Waals surface area contributed by atoms with Crippen LogP contribution in [0.3, 0.4) is 0 Å². The van der Waals surface area contributed by atoms with Crippen molar-refractivity contribution in [1.82, 2.24) is 24.3 Å². The van der Waals surface area contributed by atoms with Gasteiger partial charge in [0.2, 0.25) is 5.91 Å². The topological polar surface area (TPSA) is 103 Å². The number of anilines is 3. The number of hydrogen-bond acceptors (Lipinski definition) is 8. The minimum absolute atomic E-state index is 0.104. The third-order valence-corrected chi connectivity index (χ3v) is 11.6. The third-order valence-electron chi connectivity index (χ3n) is 10.4. The van der Waals surface area contributed by atoms with E-state index in [4.69, 9.17) is 4.98 Å². The monoisotopic (exact) mass is 709 g/mol. The summed E-state index contributed by atoms with van der Waals surface area (Å²) in [4.78, 5) is 54.1. The molecule has 4 aromatic rings. The second-order valence-electron chi connectivity index (χ2n) is 13.9. The molecule has 1 unspecified atom stereocenters. The molecule has 3 heterocycles. The second-order valence-corrected chi connectivity index (χ2v) is 15.1. The molecule has 0 radical (unpaired) electrons. The summed E-state index contributed by atoms with van der Waals surface area (Å²) in [5.74, 6) is 0.223. The Morgan fingerprint density at radius 2 is 1.73 bits per heavy atom. The Labute approximate surface area is 305 Å². The summed E-state index contributed by atoms with van der Waals surface area (Å²) in [6.45, 7) is 15.5. The van der Waals surface area contributed by atoms with Gasteiger partial charge >= 0.3 is 0 Å². The number of hydrogen-bond donors (Lipinski definition) is 2. The maximum Gasteiger partial charge on any atom is 0.293 e. The molecular formula is C40H51N7O3S. The molecule has 2 N–H and O–H groups in total. The molecule has 2 aliphatic rings. The molecule has 2 aromatic carbocycles. The van der Waals surface area contributed by atoms with Crippen molar-refractivity contribution in [2.24, 2.45) is 7.05 Å². The SMILES string of the molecule is CCN1CCN(C(=O)C(c2ccc(Nc3nc(-c4cccc(NC(=O)c5cc6c(s5)CCCC6)c4C)cn(C)c3=O)cc2)N(CC)C(C)C)CC1.